The monoisotopic (exact) mass is 566 g/mol. The molecule has 2 saturated heterocycles. The molecule has 2 aliphatic rings. The molecular weight excluding hydrogens is 532 g/mol. The first-order valence-corrected chi connectivity index (χ1v) is 14.4. The number of pyridine rings is 2. The maximum absolute atomic E-state index is 13.4. The van der Waals surface area contributed by atoms with Gasteiger partial charge in [-0.1, -0.05) is 0 Å². The summed E-state index contributed by atoms with van der Waals surface area (Å²) in [6.45, 7) is 5.19. The normalized spacial score (nSPS) is 17.3. The standard InChI is InChI=1S/C30H34N10O2/c1-36-6-4-23(5-7-36)40-19-22(16-33-40)35-29(41)21-13-24-25(17-32-28(24)31-15-21)20-3-8-39-27(14-20)26(18-34-39)30(42)38-11-9-37(2)10-12-38/h3,8,13-19,23H,4-7,9-12H2,1-2H3,(H,31,32)(H,35,41). The third-order valence-corrected chi connectivity index (χ3v) is 8.57. The number of anilines is 1. The maximum atomic E-state index is 13.4. The number of rotatable bonds is 5. The first kappa shape index (κ1) is 26.4. The van der Waals surface area contributed by atoms with Crippen molar-refractivity contribution in [2.24, 2.45) is 0 Å². The van der Waals surface area contributed by atoms with Crippen molar-refractivity contribution in [3.05, 3.63) is 66.5 Å². The van der Waals surface area contributed by atoms with E-state index in [0.29, 0.717) is 41.6 Å². The summed E-state index contributed by atoms with van der Waals surface area (Å²) in [6, 6.07) is 6.12. The first-order chi connectivity index (χ1) is 20.4. The molecular formula is C30H34N10O2. The van der Waals surface area contributed by atoms with Crippen LogP contribution in [0.15, 0.2) is 55.4 Å². The molecule has 0 unspecified atom stereocenters. The van der Waals surface area contributed by atoms with Crippen LogP contribution in [0.2, 0.25) is 0 Å². The molecule has 2 amide bonds. The van der Waals surface area contributed by atoms with Crippen molar-refractivity contribution in [3.63, 3.8) is 0 Å². The summed E-state index contributed by atoms with van der Waals surface area (Å²) in [7, 11) is 4.20. The number of aromatic nitrogens is 6. The Bertz CT molecular complexity index is 1770. The van der Waals surface area contributed by atoms with Gasteiger partial charge in [0.1, 0.15) is 5.65 Å². The summed E-state index contributed by atoms with van der Waals surface area (Å²) in [4.78, 5) is 40.7. The lowest BCUT2D eigenvalue weighted by atomic mass is 10.0. The minimum atomic E-state index is -0.245. The predicted molar refractivity (Wildman–Crippen MR) is 160 cm³/mol. The maximum Gasteiger partial charge on any atom is 0.257 e. The van der Waals surface area contributed by atoms with Gasteiger partial charge in [0, 0.05) is 61.9 Å². The SMILES string of the molecule is CN1CCC(n2cc(NC(=O)c3cnc4[nH]cc(-c5ccn6ncc(C(=O)N7CCN(C)CC7)c6c5)c4c3)cn2)CC1. The largest absolute Gasteiger partial charge is 0.346 e. The van der Waals surface area contributed by atoms with E-state index < -0.39 is 0 Å². The zero-order valence-corrected chi connectivity index (χ0v) is 23.8. The number of nitrogens with zero attached hydrogens (tertiary/aromatic N) is 8. The van der Waals surface area contributed by atoms with Crippen LogP contribution in [-0.2, 0) is 0 Å². The Hall–Kier alpha value is -4.55. The molecule has 12 nitrogen and oxygen atoms in total. The van der Waals surface area contributed by atoms with Crippen LogP contribution in [0.25, 0.3) is 27.7 Å². The number of likely N-dealkylation sites (tertiary alicyclic amines) is 1. The molecule has 5 aromatic heterocycles. The van der Waals surface area contributed by atoms with Crippen LogP contribution in [0.5, 0.6) is 0 Å². The van der Waals surface area contributed by atoms with Crippen LogP contribution < -0.4 is 5.32 Å². The molecule has 0 bridgehead atoms. The molecule has 42 heavy (non-hydrogen) atoms. The van der Waals surface area contributed by atoms with Gasteiger partial charge in [-0.05, 0) is 63.8 Å². The summed E-state index contributed by atoms with van der Waals surface area (Å²) in [5, 5.41) is 12.7. The molecule has 216 valence electrons. The molecule has 0 spiro atoms. The molecule has 7 rings (SSSR count). The number of hydrogen-bond acceptors (Lipinski definition) is 7. The van der Waals surface area contributed by atoms with Gasteiger partial charge in [-0.2, -0.15) is 10.2 Å². The highest BCUT2D eigenvalue weighted by Gasteiger charge is 2.24. The summed E-state index contributed by atoms with van der Waals surface area (Å²) in [6.07, 6.45) is 12.7. The Labute approximate surface area is 242 Å². The number of piperidine rings is 1. The Morgan fingerprint density at radius 3 is 2.55 bits per heavy atom. The number of carbonyl (C=O) groups excluding carboxylic acids is 2. The van der Waals surface area contributed by atoms with E-state index in [1.807, 2.05) is 46.4 Å². The molecule has 0 aromatic carbocycles. The highest BCUT2D eigenvalue weighted by Crippen LogP contribution is 2.30. The number of H-pyrrole nitrogens is 1. The van der Waals surface area contributed by atoms with Crippen molar-refractivity contribution >= 4 is 34.1 Å². The summed E-state index contributed by atoms with van der Waals surface area (Å²) >= 11 is 0. The lowest BCUT2D eigenvalue weighted by Crippen LogP contribution is -2.47. The average Bonchev–Trinajstić information content (AvgIpc) is 3.75. The number of amides is 2. The van der Waals surface area contributed by atoms with Crippen molar-refractivity contribution in [3.8, 4) is 11.1 Å². The zero-order chi connectivity index (χ0) is 28.8. The van der Waals surface area contributed by atoms with Gasteiger partial charge in [0.15, 0.2) is 0 Å². The molecule has 0 radical (unpaired) electrons. The molecule has 12 heteroatoms. The van der Waals surface area contributed by atoms with Gasteiger partial charge >= 0.3 is 0 Å². The van der Waals surface area contributed by atoms with E-state index in [4.69, 9.17) is 0 Å². The number of nitrogens with one attached hydrogen (secondary N) is 2. The Balaban J connectivity index is 1.13. The van der Waals surface area contributed by atoms with Crippen molar-refractivity contribution in [2.45, 2.75) is 18.9 Å². The van der Waals surface area contributed by atoms with Crippen molar-refractivity contribution in [1.82, 2.24) is 44.1 Å². The Morgan fingerprint density at radius 1 is 0.952 bits per heavy atom. The molecule has 0 aliphatic carbocycles. The van der Waals surface area contributed by atoms with E-state index in [9.17, 15) is 9.59 Å². The van der Waals surface area contributed by atoms with Gasteiger partial charge in [-0.15, -0.1) is 0 Å². The van der Waals surface area contributed by atoms with E-state index in [1.54, 1.807) is 23.1 Å². The van der Waals surface area contributed by atoms with Crippen LogP contribution in [0.3, 0.4) is 0 Å². The second-order valence-corrected chi connectivity index (χ2v) is 11.4. The molecule has 2 N–H and O–H groups in total. The van der Waals surface area contributed by atoms with Gasteiger partial charge in [0.05, 0.1) is 40.8 Å². The smallest absolute Gasteiger partial charge is 0.257 e. The number of aromatic amines is 1. The molecule has 2 aliphatic heterocycles. The van der Waals surface area contributed by atoms with Gasteiger partial charge < -0.3 is 25.0 Å². The second kappa shape index (κ2) is 10.7. The van der Waals surface area contributed by atoms with Crippen LogP contribution in [0.1, 0.15) is 39.6 Å². The van der Waals surface area contributed by atoms with E-state index in [1.165, 1.54) is 0 Å². The summed E-state index contributed by atoms with van der Waals surface area (Å²) in [5.41, 5.74) is 4.92. The minimum Gasteiger partial charge on any atom is -0.346 e. The highest BCUT2D eigenvalue weighted by atomic mass is 16.2. The Morgan fingerprint density at radius 2 is 1.74 bits per heavy atom. The number of hydrogen-bond donors (Lipinski definition) is 2. The fraction of sp³-hybridized carbons (Fsp3) is 0.367. The van der Waals surface area contributed by atoms with Gasteiger partial charge in [0.2, 0.25) is 0 Å². The molecule has 7 heterocycles. The van der Waals surface area contributed by atoms with Gasteiger partial charge in [0.25, 0.3) is 11.8 Å². The highest BCUT2D eigenvalue weighted by molar-refractivity contribution is 6.07. The van der Waals surface area contributed by atoms with E-state index in [0.717, 1.165) is 61.1 Å². The topological polar surface area (TPSA) is 120 Å². The third-order valence-electron chi connectivity index (χ3n) is 8.57. The third kappa shape index (κ3) is 4.92. The van der Waals surface area contributed by atoms with Gasteiger partial charge in [-0.3, -0.25) is 14.3 Å². The quantitative estimate of drug-likeness (QED) is 0.336. The molecule has 0 saturated carbocycles. The van der Waals surface area contributed by atoms with Crippen LogP contribution in [-0.4, -0.2) is 109 Å². The number of carbonyl (C=O) groups is 2. The lowest BCUT2D eigenvalue weighted by Gasteiger charge is -2.32. The second-order valence-electron chi connectivity index (χ2n) is 11.4. The van der Waals surface area contributed by atoms with E-state index >= 15 is 0 Å². The van der Waals surface area contributed by atoms with Crippen LogP contribution in [0, 0.1) is 0 Å². The predicted octanol–water partition coefficient (Wildman–Crippen LogP) is 2.98. The lowest BCUT2D eigenvalue weighted by molar-refractivity contribution is 0.0666. The van der Waals surface area contributed by atoms with E-state index in [2.05, 4.69) is 49.4 Å². The van der Waals surface area contributed by atoms with Crippen molar-refractivity contribution < 1.29 is 9.59 Å². The van der Waals surface area contributed by atoms with Crippen molar-refractivity contribution in [1.29, 1.82) is 0 Å². The Kier molecular flexibility index (Phi) is 6.71. The summed E-state index contributed by atoms with van der Waals surface area (Å²) in [5.74, 6) is -0.250. The average molecular weight is 567 g/mol. The van der Waals surface area contributed by atoms with Crippen LogP contribution >= 0.6 is 0 Å². The number of piperazine rings is 1. The van der Waals surface area contributed by atoms with Crippen LogP contribution in [0.4, 0.5) is 5.69 Å². The van der Waals surface area contributed by atoms with Crippen molar-refractivity contribution in [2.75, 3.05) is 58.7 Å². The molecule has 2 fully saturated rings. The number of likely N-dealkylation sites (N-methyl/N-ethyl adjacent to an activating group) is 1. The van der Waals surface area contributed by atoms with Gasteiger partial charge in [-0.25, -0.2) is 9.50 Å². The summed E-state index contributed by atoms with van der Waals surface area (Å²) < 4.78 is 3.69. The first-order valence-electron chi connectivity index (χ1n) is 14.4. The zero-order valence-electron chi connectivity index (χ0n) is 23.8. The molecule has 5 aromatic rings. The van der Waals surface area contributed by atoms with E-state index in [-0.39, 0.29) is 11.8 Å². The fourth-order valence-electron chi connectivity index (χ4n) is 5.92. The minimum absolute atomic E-state index is 0.00561. The molecule has 0 atom stereocenters. The fourth-order valence-corrected chi connectivity index (χ4v) is 5.92. The number of fused-ring (bicyclic) bond motifs is 2.